The average molecular weight is 339 g/mol. The number of hydrogen-bond acceptors (Lipinski definition) is 5. The van der Waals surface area contributed by atoms with Crippen LogP contribution < -0.4 is 9.64 Å². The third-order valence-electron chi connectivity index (χ3n) is 5.34. The first-order valence-electron chi connectivity index (χ1n) is 8.33. The minimum Gasteiger partial charge on any atom is -0.508 e. The van der Waals surface area contributed by atoms with Crippen LogP contribution in [0.25, 0.3) is 6.08 Å². The summed E-state index contributed by atoms with van der Waals surface area (Å²) in [6, 6.07) is 10.5. The largest absolute Gasteiger partial charge is 0.508 e. The average Bonchev–Trinajstić information content (AvgIpc) is 2.75. The molecule has 0 radical (unpaired) electrons. The lowest BCUT2D eigenvalue weighted by molar-refractivity contribution is 0.0477. The molecule has 1 spiro atoms. The fourth-order valence-electron chi connectivity index (χ4n) is 4.01. The van der Waals surface area contributed by atoms with Gasteiger partial charge in [-0.3, -0.25) is 0 Å². The highest BCUT2D eigenvalue weighted by Gasteiger charge is 2.59. The maximum atomic E-state index is 10.3. The van der Waals surface area contributed by atoms with Crippen molar-refractivity contribution in [3.63, 3.8) is 0 Å². The van der Waals surface area contributed by atoms with E-state index >= 15 is 0 Å². The quantitative estimate of drug-likeness (QED) is 0.784. The molecule has 2 aliphatic heterocycles. The van der Waals surface area contributed by atoms with Crippen LogP contribution in [0, 0.1) is 0 Å². The van der Waals surface area contributed by atoms with Crippen LogP contribution >= 0.6 is 0 Å². The van der Waals surface area contributed by atoms with Crippen LogP contribution in [-0.4, -0.2) is 34.2 Å². The highest BCUT2D eigenvalue weighted by Crippen LogP contribution is 2.56. The Balaban J connectivity index is 1.94. The second-order valence-electron chi connectivity index (χ2n) is 7.03. The summed E-state index contributed by atoms with van der Waals surface area (Å²) in [5.74, 6) is 0.702. The highest BCUT2D eigenvalue weighted by molar-refractivity contribution is 5.74. The molecule has 130 valence electrons. The number of ether oxygens (including phenoxy) is 1. The number of aromatic hydroxyl groups is 2. The Kier molecular flexibility index (Phi) is 3.27. The van der Waals surface area contributed by atoms with E-state index in [9.17, 15) is 15.3 Å². The molecule has 0 amide bonds. The molecule has 0 saturated carbocycles. The number of benzene rings is 2. The highest BCUT2D eigenvalue weighted by atomic mass is 16.5. The predicted molar refractivity (Wildman–Crippen MR) is 96.1 cm³/mol. The van der Waals surface area contributed by atoms with Crippen molar-refractivity contribution in [1.29, 1.82) is 0 Å². The van der Waals surface area contributed by atoms with Gasteiger partial charge in [-0.1, -0.05) is 12.1 Å². The minimum atomic E-state index is -0.905. The van der Waals surface area contributed by atoms with Crippen molar-refractivity contribution in [2.45, 2.75) is 25.0 Å². The third kappa shape index (κ3) is 1.99. The molecule has 0 aromatic heterocycles. The van der Waals surface area contributed by atoms with Crippen LogP contribution in [0.1, 0.15) is 25.0 Å². The third-order valence-corrected chi connectivity index (χ3v) is 5.34. The number of phenols is 2. The Morgan fingerprint density at radius 2 is 1.92 bits per heavy atom. The molecule has 3 N–H and O–H groups in total. The van der Waals surface area contributed by atoms with E-state index in [-0.39, 0.29) is 18.1 Å². The number of anilines is 1. The Morgan fingerprint density at radius 3 is 2.68 bits per heavy atom. The van der Waals surface area contributed by atoms with Crippen LogP contribution in [-0.2, 0) is 5.41 Å². The molecule has 2 aromatic carbocycles. The van der Waals surface area contributed by atoms with Crippen molar-refractivity contribution in [3.05, 3.63) is 53.6 Å². The van der Waals surface area contributed by atoms with Gasteiger partial charge in [-0.2, -0.15) is 0 Å². The summed E-state index contributed by atoms with van der Waals surface area (Å²) >= 11 is 0. The Morgan fingerprint density at radius 1 is 1.12 bits per heavy atom. The first-order valence-corrected chi connectivity index (χ1v) is 8.33. The summed E-state index contributed by atoms with van der Waals surface area (Å²) in [6.45, 7) is 4.41. The van der Waals surface area contributed by atoms with Gasteiger partial charge in [-0.25, -0.2) is 0 Å². The molecule has 1 atom stereocenters. The monoisotopic (exact) mass is 339 g/mol. The van der Waals surface area contributed by atoms with Crippen molar-refractivity contribution in [2.24, 2.45) is 0 Å². The van der Waals surface area contributed by atoms with Crippen molar-refractivity contribution >= 4 is 11.8 Å². The number of rotatable bonds is 2. The minimum absolute atomic E-state index is 0.0387. The van der Waals surface area contributed by atoms with Crippen LogP contribution in [0.5, 0.6) is 17.2 Å². The van der Waals surface area contributed by atoms with Crippen LogP contribution in [0.4, 0.5) is 5.69 Å². The smallest absolute Gasteiger partial charge is 0.212 e. The van der Waals surface area contributed by atoms with Crippen molar-refractivity contribution in [3.8, 4) is 17.2 Å². The molecule has 25 heavy (non-hydrogen) atoms. The number of β-amino-alcohol motifs (C(OH)–C–C–N with tert-alkyl or cyclic N) is 1. The second-order valence-corrected chi connectivity index (χ2v) is 7.03. The fraction of sp³-hybridized carbons (Fsp3) is 0.300. The maximum absolute atomic E-state index is 10.3. The standard InChI is InChI=1S/C20H21NO4/c1-19(2)15-12-14(23)6-7-16(15)21(10-11-22)20(19)9-8-13-4-3-5-17(24)18(13)25-20/h3-9,12,22-24H,10-11H2,1-2H3. The zero-order valence-electron chi connectivity index (χ0n) is 14.2. The van der Waals surface area contributed by atoms with Crippen molar-refractivity contribution < 1.29 is 20.1 Å². The molecule has 5 heteroatoms. The lowest BCUT2D eigenvalue weighted by Gasteiger charge is -2.47. The van der Waals surface area contributed by atoms with Crippen molar-refractivity contribution in [2.75, 3.05) is 18.1 Å². The number of nitrogens with zero attached hydrogens (tertiary/aromatic N) is 1. The van der Waals surface area contributed by atoms with Gasteiger partial charge >= 0.3 is 0 Å². The number of phenolic OH excluding ortho intramolecular Hbond substituents is 2. The van der Waals surface area contributed by atoms with Gasteiger partial charge in [0, 0.05) is 17.8 Å². The van der Waals surface area contributed by atoms with Gasteiger partial charge in [0.2, 0.25) is 5.72 Å². The lowest BCUT2D eigenvalue weighted by Crippen LogP contribution is -2.60. The van der Waals surface area contributed by atoms with Gasteiger partial charge in [0.15, 0.2) is 11.5 Å². The molecular formula is C20H21NO4. The molecule has 0 fully saturated rings. The molecule has 0 saturated heterocycles. The first-order chi connectivity index (χ1) is 11.9. The number of aliphatic hydroxyl groups is 1. The number of hydrogen-bond donors (Lipinski definition) is 3. The van der Waals surface area contributed by atoms with E-state index in [2.05, 4.69) is 0 Å². The molecule has 1 unspecified atom stereocenters. The van der Waals surface area contributed by atoms with Crippen LogP contribution in [0.15, 0.2) is 42.5 Å². The van der Waals surface area contributed by atoms with Gasteiger partial charge in [0.05, 0.1) is 12.0 Å². The molecule has 5 nitrogen and oxygen atoms in total. The van der Waals surface area contributed by atoms with E-state index in [1.54, 1.807) is 24.3 Å². The van der Waals surface area contributed by atoms with E-state index in [4.69, 9.17) is 4.74 Å². The number of para-hydroxylation sites is 1. The summed E-state index contributed by atoms with van der Waals surface area (Å²) in [7, 11) is 0. The Labute approximate surface area is 146 Å². The number of aliphatic hydroxyl groups excluding tert-OH is 1. The van der Waals surface area contributed by atoms with Crippen LogP contribution in [0.3, 0.4) is 0 Å². The zero-order valence-corrected chi connectivity index (χ0v) is 14.2. The Bertz CT molecular complexity index is 874. The van der Waals surface area contributed by atoms with Gasteiger partial charge in [0.25, 0.3) is 0 Å². The van der Waals surface area contributed by atoms with Gasteiger partial charge in [-0.15, -0.1) is 0 Å². The molecule has 2 heterocycles. The molecule has 2 aliphatic rings. The van der Waals surface area contributed by atoms with E-state index in [0.717, 1.165) is 16.8 Å². The first kappa shape index (κ1) is 15.8. The summed E-state index contributed by atoms with van der Waals surface area (Å²) < 4.78 is 6.41. The van der Waals surface area contributed by atoms with Gasteiger partial charge in [-0.05, 0) is 55.8 Å². The van der Waals surface area contributed by atoms with Crippen LogP contribution in [0.2, 0.25) is 0 Å². The number of fused-ring (bicyclic) bond motifs is 2. The van der Waals surface area contributed by atoms with Crippen molar-refractivity contribution in [1.82, 2.24) is 0 Å². The van der Waals surface area contributed by atoms with E-state index in [1.165, 1.54) is 0 Å². The molecule has 2 aromatic rings. The predicted octanol–water partition coefficient (Wildman–Crippen LogP) is 2.99. The second kappa shape index (κ2) is 5.17. The molecule has 0 bridgehead atoms. The lowest BCUT2D eigenvalue weighted by atomic mass is 9.76. The fourth-order valence-corrected chi connectivity index (χ4v) is 4.01. The SMILES string of the molecule is CC1(C)c2cc(O)ccc2N(CCO)C12C=Cc1cccc(O)c1O2. The zero-order chi connectivity index (χ0) is 17.8. The molecular weight excluding hydrogens is 318 g/mol. The summed E-state index contributed by atoms with van der Waals surface area (Å²) in [5, 5.41) is 29.9. The van der Waals surface area contributed by atoms with Gasteiger partial charge < -0.3 is 25.0 Å². The van der Waals surface area contributed by atoms with Gasteiger partial charge in [0.1, 0.15) is 5.75 Å². The summed E-state index contributed by atoms with van der Waals surface area (Å²) in [6.07, 6.45) is 3.91. The van der Waals surface area contributed by atoms with E-state index < -0.39 is 11.1 Å². The summed E-state index contributed by atoms with van der Waals surface area (Å²) in [5.41, 5.74) is 1.22. The van der Waals surface area contributed by atoms with E-state index in [0.29, 0.717) is 12.3 Å². The maximum Gasteiger partial charge on any atom is 0.212 e. The molecule has 4 rings (SSSR count). The summed E-state index contributed by atoms with van der Waals surface area (Å²) in [4.78, 5) is 1.99. The normalized spacial score (nSPS) is 22.6. The topological polar surface area (TPSA) is 73.2 Å². The Hall–Kier alpha value is -2.66. The van der Waals surface area contributed by atoms with E-state index in [1.807, 2.05) is 43.0 Å². The molecule has 0 aliphatic carbocycles.